The Labute approximate surface area is 122 Å². The lowest BCUT2D eigenvalue weighted by molar-refractivity contribution is 0.146. The number of hydrogen-bond donors (Lipinski definition) is 3. The summed E-state index contributed by atoms with van der Waals surface area (Å²) >= 11 is 3.40. The Bertz CT molecular complexity index is 410. The van der Waals surface area contributed by atoms with E-state index in [0.29, 0.717) is 24.8 Å². The Kier molecular flexibility index (Phi) is 6.62. The van der Waals surface area contributed by atoms with E-state index in [1.807, 2.05) is 0 Å². The van der Waals surface area contributed by atoms with Gasteiger partial charge in [-0.2, -0.15) is 0 Å². The molecule has 1 atom stereocenters. The summed E-state index contributed by atoms with van der Waals surface area (Å²) in [6, 6.07) is 3.39. The van der Waals surface area contributed by atoms with E-state index in [-0.39, 0.29) is 11.9 Å². The van der Waals surface area contributed by atoms with Crippen molar-refractivity contribution < 1.29 is 14.9 Å². The lowest BCUT2D eigenvalue weighted by Crippen LogP contribution is -2.27. The molecule has 1 rings (SSSR count). The molecule has 4 nitrogen and oxygen atoms in total. The zero-order valence-electron chi connectivity index (χ0n) is 11.6. The number of rotatable bonds is 7. The molecule has 0 aliphatic heterocycles. The third-order valence-electron chi connectivity index (χ3n) is 2.79. The summed E-state index contributed by atoms with van der Waals surface area (Å²) in [6.45, 7) is 5.33. The summed E-state index contributed by atoms with van der Waals surface area (Å²) < 4.78 is 5.89. The van der Waals surface area contributed by atoms with Crippen LogP contribution in [0, 0.1) is 5.92 Å². The van der Waals surface area contributed by atoms with E-state index in [0.717, 1.165) is 16.5 Å². The van der Waals surface area contributed by atoms with Gasteiger partial charge in [0.1, 0.15) is 0 Å². The minimum atomic E-state index is -0.335. The highest BCUT2D eigenvalue weighted by atomic mass is 79.9. The van der Waals surface area contributed by atoms with Crippen molar-refractivity contribution in [1.29, 1.82) is 0 Å². The molecule has 0 amide bonds. The molecule has 0 aliphatic carbocycles. The van der Waals surface area contributed by atoms with Crippen molar-refractivity contribution in [2.75, 3.05) is 13.7 Å². The van der Waals surface area contributed by atoms with Gasteiger partial charge in [0.05, 0.1) is 13.2 Å². The van der Waals surface area contributed by atoms with Crippen molar-refractivity contribution in [3.63, 3.8) is 0 Å². The van der Waals surface area contributed by atoms with E-state index in [4.69, 9.17) is 4.74 Å². The van der Waals surface area contributed by atoms with Gasteiger partial charge in [-0.3, -0.25) is 0 Å². The average molecular weight is 332 g/mol. The van der Waals surface area contributed by atoms with Gasteiger partial charge in [0.15, 0.2) is 11.5 Å². The van der Waals surface area contributed by atoms with E-state index in [1.165, 1.54) is 7.11 Å². The Morgan fingerprint density at radius 1 is 1.37 bits per heavy atom. The molecule has 1 unspecified atom stereocenters. The maximum Gasteiger partial charge on any atom is 0.160 e. The molecule has 3 N–H and O–H groups in total. The highest BCUT2D eigenvalue weighted by Gasteiger charge is 2.10. The molecule has 0 saturated carbocycles. The fourth-order valence-electron chi connectivity index (χ4n) is 1.88. The van der Waals surface area contributed by atoms with Crippen LogP contribution in [-0.4, -0.2) is 30.0 Å². The van der Waals surface area contributed by atoms with Crippen LogP contribution in [0.5, 0.6) is 11.5 Å². The summed E-state index contributed by atoms with van der Waals surface area (Å²) in [5.74, 6) is 1.04. The van der Waals surface area contributed by atoms with Crippen LogP contribution in [0.4, 0.5) is 0 Å². The summed E-state index contributed by atoms with van der Waals surface area (Å²) in [4.78, 5) is 0. The molecule has 0 aromatic heterocycles. The highest BCUT2D eigenvalue weighted by molar-refractivity contribution is 9.10. The molecule has 5 heteroatoms. The van der Waals surface area contributed by atoms with Crippen LogP contribution in [0.3, 0.4) is 0 Å². The van der Waals surface area contributed by atoms with Gasteiger partial charge < -0.3 is 20.3 Å². The molecule has 0 saturated heterocycles. The molecule has 0 aliphatic rings. The third kappa shape index (κ3) is 5.38. The summed E-state index contributed by atoms with van der Waals surface area (Å²) in [5, 5.41) is 22.6. The summed E-state index contributed by atoms with van der Waals surface area (Å²) in [6.07, 6.45) is 0.449. The van der Waals surface area contributed by atoms with Crippen LogP contribution in [0.25, 0.3) is 0 Å². The fraction of sp³-hybridized carbons (Fsp3) is 0.571. The number of phenolic OH excluding ortho intramolecular Hbond substituents is 1. The number of phenols is 1. The van der Waals surface area contributed by atoms with E-state index in [1.54, 1.807) is 12.1 Å². The highest BCUT2D eigenvalue weighted by Crippen LogP contribution is 2.32. The second-order valence-electron chi connectivity index (χ2n) is 5.03. The molecule has 0 radical (unpaired) electrons. The van der Waals surface area contributed by atoms with E-state index in [2.05, 4.69) is 35.1 Å². The first-order valence-electron chi connectivity index (χ1n) is 6.38. The fourth-order valence-corrected chi connectivity index (χ4v) is 2.36. The van der Waals surface area contributed by atoms with E-state index >= 15 is 0 Å². The van der Waals surface area contributed by atoms with Crippen LogP contribution in [0.15, 0.2) is 16.6 Å². The molecule has 0 fully saturated rings. The first-order valence-corrected chi connectivity index (χ1v) is 7.17. The third-order valence-corrected chi connectivity index (χ3v) is 3.52. The maximum absolute atomic E-state index is 9.77. The molecular formula is C14H22BrNO3. The van der Waals surface area contributed by atoms with Crippen molar-refractivity contribution in [3.05, 3.63) is 22.2 Å². The number of methoxy groups -OCH3 is 1. The first-order chi connectivity index (χ1) is 8.93. The Morgan fingerprint density at radius 2 is 2.05 bits per heavy atom. The number of ether oxygens (including phenoxy) is 1. The predicted molar refractivity (Wildman–Crippen MR) is 79.5 cm³/mol. The molecule has 108 valence electrons. The second kappa shape index (κ2) is 7.72. The zero-order chi connectivity index (χ0) is 14.4. The number of hydrogen-bond acceptors (Lipinski definition) is 4. The van der Waals surface area contributed by atoms with Crippen molar-refractivity contribution in [3.8, 4) is 11.5 Å². The number of benzene rings is 1. The Balaban J connectivity index is 2.53. The Hall–Kier alpha value is -0.780. The lowest BCUT2D eigenvalue weighted by Gasteiger charge is -2.15. The molecule has 19 heavy (non-hydrogen) atoms. The van der Waals surface area contributed by atoms with Crippen LogP contribution in [-0.2, 0) is 6.54 Å². The molecule has 0 heterocycles. The quantitative estimate of drug-likeness (QED) is 0.718. The van der Waals surface area contributed by atoms with Crippen LogP contribution in [0.2, 0.25) is 0 Å². The van der Waals surface area contributed by atoms with Gasteiger partial charge in [-0.1, -0.05) is 29.8 Å². The molecule has 1 aromatic rings. The second-order valence-corrected chi connectivity index (χ2v) is 5.88. The van der Waals surface area contributed by atoms with Gasteiger partial charge >= 0.3 is 0 Å². The van der Waals surface area contributed by atoms with Gasteiger partial charge in [-0.25, -0.2) is 0 Å². The molecule has 0 bridgehead atoms. The minimum Gasteiger partial charge on any atom is -0.504 e. The van der Waals surface area contributed by atoms with Crippen LogP contribution in [0.1, 0.15) is 25.8 Å². The average Bonchev–Trinajstić information content (AvgIpc) is 2.31. The summed E-state index contributed by atoms with van der Waals surface area (Å²) in [7, 11) is 1.52. The number of aromatic hydroxyl groups is 1. The van der Waals surface area contributed by atoms with Gasteiger partial charge in [-0.05, 0) is 30.0 Å². The standard InChI is InChI=1S/C14H22BrNO3/c1-9(2)4-11(17)8-16-7-10-5-14(19-3)13(18)6-12(10)15/h5-6,9,11,16-18H,4,7-8H2,1-3H3. The lowest BCUT2D eigenvalue weighted by atomic mass is 10.1. The molecule has 1 aromatic carbocycles. The van der Waals surface area contributed by atoms with Gasteiger partial charge in [0.25, 0.3) is 0 Å². The van der Waals surface area contributed by atoms with Gasteiger partial charge in [0.2, 0.25) is 0 Å². The van der Waals surface area contributed by atoms with Crippen molar-refractivity contribution in [2.45, 2.75) is 32.9 Å². The SMILES string of the molecule is COc1cc(CNCC(O)CC(C)C)c(Br)cc1O. The number of halogens is 1. The maximum atomic E-state index is 9.77. The van der Waals surface area contributed by atoms with Crippen LogP contribution >= 0.6 is 15.9 Å². The molecular weight excluding hydrogens is 310 g/mol. The zero-order valence-corrected chi connectivity index (χ0v) is 13.2. The minimum absolute atomic E-state index is 0.109. The van der Waals surface area contributed by atoms with Crippen LogP contribution < -0.4 is 10.1 Å². The van der Waals surface area contributed by atoms with Crippen molar-refractivity contribution in [1.82, 2.24) is 5.32 Å². The number of aliphatic hydroxyl groups is 1. The normalized spacial score (nSPS) is 12.7. The van der Waals surface area contributed by atoms with Crippen molar-refractivity contribution in [2.24, 2.45) is 5.92 Å². The smallest absolute Gasteiger partial charge is 0.160 e. The summed E-state index contributed by atoms with van der Waals surface area (Å²) in [5.41, 5.74) is 0.978. The largest absolute Gasteiger partial charge is 0.504 e. The topological polar surface area (TPSA) is 61.7 Å². The van der Waals surface area contributed by atoms with E-state index < -0.39 is 0 Å². The van der Waals surface area contributed by atoms with Gasteiger partial charge in [-0.15, -0.1) is 0 Å². The number of aliphatic hydroxyl groups excluding tert-OH is 1. The number of nitrogens with one attached hydrogen (secondary N) is 1. The predicted octanol–water partition coefficient (Wildman–Crippen LogP) is 2.66. The molecule has 0 spiro atoms. The van der Waals surface area contributed by atoms with Crippen molar-refractivity contribution >= 4 is 15.9 Å². The monoisotopic (exact) mass is 331 g/mol. The van der Waals surface area contributed by atoms with Gasteiger partial charge in [0, 0.05) is 17.6 Å². The van der Waals surface area contributed by atoms with E-state index in [9.17, 15) is 10.2 Å². The first kappa shape index (κ1) is 16.3. The Morgan fingerprint density at radius 3 is 2.63 bits per heavy atom.